The van der Waals surface area contributed by atoms with E-state index in [0.29, 0.717) is 33.4 Å². The van der Waals surface area contributed by atoms with E-state index in [2.05, 4.69) is 0 Å². The van der Waals surface area contributed by atoms with Crippen molar-refractivity contribution >= 4 is 5.78 Å². The van der Waals surface area contributed by atoms with Crippen LogP contribution in [0.4, 0.5) is 17.6 Å². The van der Waals surface area contributed by atoms with Crippen LogP contribution in [0.2, 0.25) is 0 Å². The number of benzene rings is 6. The van der Waals surface area contributed by atoms with Gasteiger partial charge in [0.05, 0.1) is 0 Å². The molecule has 0 aliphatic carbocycles. The van der Waals surface area contributed by atoms with Gasteiger partial charge in [0, 0.05) is 0 Å². The molecule has 0 amide bonds. The van der Waals surface area contributed by atoms with E-state index in [0.717, 1.165) is 0 Å². The number of hydrogen-bond acceptors (Lipinski definition) is 1. The van der Waals surface area contributed by atoms with Crippen molar-refractivity contribution in [3.05, 3.63) is 214 Å². The van der Waals surface area contributed by atoms with Crippen molar-refractivity contribution < 1.29 is 22.4 Å². The standard InChI is InChI=1S/C39H26F4O/c40-33-19-11-29(12-20-33)38(27-7-3-1-4-8-27,30-13-21-34(41)22-14-30)37(44)39(28-9-5-2-6-10-28,31-15-23-35(42)24-16-31)32-17-25-36(43)26-18-32/h1-26H. The highest BCUT2D eigenvalue weighted by Gasteiger charge is 2.55. The molecule has 0 saturated heterocycles. The lowest BCUT2D eigenvalue weighted by atomic mass is 9.54. The third-order valence-corrected chi connectivity index (χ3v) is 8.20. The van der Waals surface area contributed by atoms with Gasteiger partial charge >= 0.3 is 0 Å². The normalized spacial score (nSPS) is 11.7. The average Bonchev–Trinajstić information content (AvgIpc) is 3.06. The van der Waals surface area contributed by atoms with Crippen molar-refractivity contribution in [2.75, 3.05) is 0 Å². The molecule has 0 unspecified atom stereocenters. The molecule has 0 spiro atoms. The lowest BCUT2D eigenvalue weighted by molar-refractivity contribution is -0.125. The molecule has 6 aromatic rings. The summed E-state index contributed by atoms with van der Waals surface area (Å²) in [5.74, 6) is -2.37. The van der Waals surface area contributed by atoms with E-state index in [1.165, 1.54) is 48.5 Å². The van der Waals surface area contributed by atoms with Crippen molar-refractivity contribution in [1.82, 2.24) is 0 Å². The van der Waals surface area contributed by atoms with E-state index in [9.17, 15) is 17.6 Å². The zero-order chi connectivity index (χ0) is 30.7. The second kappa shape index (κ2) is 11.8. The van der Waals surface area contributed by atoms with Gasteiger partial charge < -0.3 is 0 Å². The van der Waals surface area contributed by atoms with E-state index < -0.39 is 39.9 Å². The third-order valence-electron chi connectivity index (χ3n) is 8.20. The molecule has 0 fully saturated rings. The van der Waals surface area contributed by atoms with Gasteiger partial charge in [-0.25, -0.2) is 17.6 Å². The maximum atomic E-state index is 16.3. The third kappa shape index (κ3) is 4.80. The Bertz CT molecular complexity index is 1630. The summed E-state index contributed by atoms with van der Waals surface area (Å²) in [6.07, 6.45) is 0. The Morgan fingerprint density at radius 3 is 0.750 bits per heavy atom. The van der Waals surface area contributed by atoms with Crippen LogP contribution in [0.1, 0.15) is 33.4 Å². The minimum absolute atomic E-state index is 0.404. The molecule has 216 valence electrons. The molecule has 0 radical (unpaired) electrons. The Morgan fingerprint density at radius 1 is 0.318 bits per heavy atom. The van der Waals surface area contributed by atoms with E-state index in [4.69, 9.17) is 0 Å². The Morgan fingerprint density at radius 2 is 0.523 bits per heavy atom. The molecule has 0 heterocycles. The molecule has 0 aromatic heterocycles. The molecule has 5 heteroatoms. The quantitative estimate of drug-likeness (QED) is 0.128. The number of ketones is 1. The first-order chi connectivity index (χ1) is 21.4. The van der Waals surface area contributed by atoms with E-state index in [1.54, 1.807) is 97.1 Å². The highest BCUT2D eigenvalue weighted by Crippen LogP contribution is 2.51. The summed E-state index contributed by atoms with van der Waals surface area (Å²) in [7, 11) is 0. The molecule has 44 heavy (non-hydrogen) atoms. The maximum Gasteiger partial charge on any atom is 0.171 e. The Balaban J connectivity index is 1.83. The minimum Gasteiger partial charge on any atom is -0.296 e. The van der Waals surface area contributed by atoms with Gasteiger partial charge in [0.15, 0.2) is 5.78 Å². The highest BCUT2D eigenvalue weighted by molar-refractivity contribution is 6.09. The Labute approximate surface area is 253 Å². The summed E-state index contributed by atoms with van der Waals surface area (Å²) in [5, 5.41) is 0. The van der Waals surface area contributed by atoms with Gasteiger partial charge in [0.1, 0.15) is 34.1 Å². The van der Waals surface area contributed by atoms with Crippen LogP contribution in [-0.2, 0) is 15.6 Å². The average molecular weight is 587 g/mol. The van der Waals surface area contributed by atoms with Gasteiger partial charge in [0.25, 0.3) is 0 Å². The van der Waals surface area contributed by atoms with E-state index in [-0.39, 0.29) is 0 Å². The Hall–Kier alpha value is -5.29. The number of hydrogen-bond donors (Lipinski definition) is 0. The summed E-state index contributed by atoms with van der Waals surface area (Å²) in [5.41, 5.74) is -0.460. The van der Waals surface area contributed by atoms with Crippen LogP contribution >= 0.6 is 0 Å². The van der Waals surface area contributed by atoms with Crippen molar-refractivity contribution in [2.45, 2.75) is 10.8 Å². The first kappa shape index (κ1) is 28.8. The highest BCUT2D eigenvalue weighted by atomic mass is 19.1. The smallest absolute Gasteiger partial charge is 0.171 e. The number of rotatable bonds is 8. The van der Waals surface area contributed by atoms with Gasteiger partial charge in [0.2, 0.25) is 0 Å². The number of carbonyl (C=O) groups is 1. The second-order valence-corrected chi connectivity index (χ2v) is 10.6. The van der Waals surface area contributed by atoms with Gasteiger partial charge in [-0.05, 0) is 81.9 Å². The number of carbonyl (C=O) groups excluding carboxylic acids is 1. The molecule has 0 bridgehead atoms. The molecule has 6 rings (SSSR count). The molecule has 0 aliphatic rings. The zero-order valence-corrected chi connectivity index (χ0v) is 23.4. The predicted octanol–water partition coefficient (Wildman–Crippen LogP) is 9.18. The molecule has 6 aromatic carbocycles. The largest absolute Gasteiger partial charge is 0.296 e. The molecular weight excluding hydrogens is 560 g/mol. The van der Waals surface area contributed by atoms with Crippen LogP contribution in [0.15, 0.2) is 158 Å². The van der Waals surface area contributed by atoms with E-state index in [1.807, 2.05) is 12.1 Å². The minimum atomic E-state index is -1.65. The monoisotopic (exact) mass is 586 g/mol. The van der Waals surface area contributed by atoms with Crippen LogP contribution in [0, 0.1) is 23.3 Å². The molecule has 0 atom stereocenters. The van der Waals surface area contributed by atoms with Crippen LogP contribution in [0.3, 0.4) is 0 Å². The van der Waals surface area contributed by atoms with Crippen molar-refractivity contribution in [1.29, 1.82) is 0 Å². The fraction of sp³-hybridized carbons (Fsp3) is 0.0513. The van der Waals surface area contributed by atoms with Crippen LogP contribution in [0.25, 0.3) is 0 Å². The van der Waals surface area contributed by atoms with Crippen molar-refractivity contribution in [3.63, 3.8) is 0 Å². The van der Waals surface area contributed by atoms with Gasteiger partial charge in [-0.2, -0.15) is 0 Å². The zero-order valence-electron chi connectivity index (χ0n) is 23.4. The number of Topliss-reactive ketones (excluding diaryl/α,β-unsaturated/α-hetero) is 1. The second-order valence-electron chi connectivity index (χ2n) is 10.6. The fourth-order valence-electron chi connectivity index (χ4n) is 6.24. The van der Waals surface area contributed by atoms with Crippen LogP contribution in [-0.4, -0.2) is 5.78 Å². The fourth-order valence-corrected chi connectivity index (χ4v) is 6.24. The summed E-state index contributed by atoms with van der Waals surface area (Å²) in [6, 6.07) is 40.7. The first-order valence-corrected chi connectivity index (χ1v) is 14.1. The molecular formula is C39H26F4O. The lowest BCUT2D eigenvalue weighted by Crippen LogP contribution is -2.52. The van der Waals surface area contributed by atoms with Crippen molar-refractivity contribution in [3.8, 4) is 0 Å². The topological polar surface area (TPSA) is 17.1 Å². The summed E-state index contributed by atoms with van der Waals surface area (Å²) in [6.45, 7) is 0. The van der Waals surface area contributed by atoms with Gasteiger partial charge in [-0.3, -0.25) is 4.79 Å². The molecule has 0 N–H and O–H groups in total. The summed E-state index contributed by atoms with van der Waals surface area (Å²) < 4.78 is 57.7. The van der Waals surface area contributed by atoms with Crippen LogP contribution in [0.5, 0.6) is 0 Å². The van der Waals surface area contributed by atoms with Crippen molar-refractivity contribution in [2.24, 2.45) is 0 Å². The lowest BCUT2D eigenvalue weighted by Gasteiger charge is -2.44. The predicted molar refractivity (Wildman–Crippen MR) is 163 cm³/mol. The molecule has 1 nitrogen and oxygen atoms in total. The SMILES string of the molecule is O=C(C(c1ccccc1)(c1ccc(F)cc1)c1ccc(F)cc1)C(c1ccccc1)(c1ccc(F)cc1)c1ccc(F)cc1. The summed E-state index contributed by atoms with van der Waals surface area (Å²) >= 11 is 0. The summed E-state index contributed by atoms with van der Waals surface area (Å²) in [4.78, 5) is 16.3. The Kier molecular flexibility index (Phi) is 7.71. The first-order valence-electron chi connectivity index (χ1n) is 14.1. The van der Waals surface area contributed by atoms with Crippen LogP contribution < -0.4 is 0 Å². The van der Waals surface area contributed by atoms with Gasteiger partial charge in [-0.1, -0.05) is 109 Å². The van der Waals surface area contributed by atoms with E-state index >= 15 is 4.79 Å². The number of halogens is 4. The van der Waals surface area contributed by atoms with Gasteiger partial charge in [-0.15, -0.1) is 0 Å². The molecule has 0 saturated carbocycles. The molecule has 0 aliphatic heterocycles. The maximum absolute atomic E-state index is 16.3.